The number of esters is 1. The number of benzene rings is 2. The summed E-state index contributed by atoms with van der Waals surface area (Å²) in [5.41, 5.74) is 3.06. The van der Waals surface area contributed by atoms with Gasteiger partial charge in [-0.2, -0.15) is 4.98 Å². The van der Waals surface area contributed by atoms with E-state index in [9.17, 15) is 14.7 Å². The molecule has 2 N–H and O–H groups in total. The second-order valence-corrected chi connectivity index (χ2v) is 8.09. The topological polar surface area (TPSA) is 106 Å². The Balaban J connectivity index is 1.71. The zero-order valence-corrected chi connectivity index (χ0v) is 18.4. The highest BCUT2D eigenvalue weighted by molar-refractivity contribution is 7.98. The molecule has 0 radical (unpaired) electrons. The van der Waals surface area contributed by atoms with E-state index in [2.05, 4.69) is 15.4 Å². The number of anilines is 1. The molecule has 1 aliphatic rings. The minimum atomic E-state index is -1.01. The zero-order chi connectivity index (χ0) is 22.7. The van der Waals surface area contributed by atoms with Gasteiger partial charge in [0.2, 0.25) is 11.1 Å². The molecule has 0 amide bonds. The molecule has 0 saturated heterocycles. The third-order valence-electron chi connectivity index (χ3n) is 5.01. The minimum absolute atomic E-state index is 0.166. The summed E-state index contributed by atoms with van der Waals surface area (Å²) in [4.78, 5) is 28.7. The van der Waals surface area contributed by atoms with Gasteiger partial charge in [-0.3, -0.25) is 0 Å². The molecule has 9 heteroatoms. The predicted molar refractivity (Wildman–Crippen MR) is 121 cm³/mol. The van der Waals surface area contributed by atoms with E-state index >= 15 is 0 Å². The van der Waals surface area contributed by atoms with Crippen molar-refractivity contribution >= 4 is 29.6 Å². The van der Waals surface area contributed by atoms with Gasteiger partial charge in [0.15, 0.2) is 0 Å². The lowest BCUT2D eigenvalue weighted by molar-refractivity contribution is -0.139. The van der Waals surface area contributed by atoms with E-state index in [0.717, 1.165) is 5.56 Å². The summed E-state index contributed by atoms with van der Waals surface area (Å²) in [6.07, 6.45) is 0. The van der Waals surface area contributed by atoms with Crippen LogP contribution in [0.4, 0.5) is 5.95 Å². The van der Waals surface area contributed by atoms with Crippen LogP contribution in [0, 0.1) is 0 Å². The van der Waals surface area contributed by atoms with Crippen LogP contribution in [0.25, 0.3) is 0 Å². The monoisotopic (exact) mass is 450 g/mol. The third-order valence-corrected chi connectivity index (χ3v) is 5.92. The van der Waals surface area contributed by atoms with Crippen molar-refractivity contribution in [1.82, 2.24) is 14.8 Å². The molecule has 0 bridgehead atoms. The smallest absolute Gasteiger partial charge is 0.338 e. The first-order valence-electron chi connectivity index (χ1n) is 10.1. The number of nitrogens with one attached hydrogen (secondary N) is 1. The average Bonchev–Trinajstić information content (AvgIpc) is 3.20. The van der Waals surface area contributed by atoms with E-state index in [0.29, 0.717) is 33.7 Å². The Kier molecular flexibility index (Phi) is 6.27. The van der Waals surface area contributed by atoms with Gasteiger partial charge in [0, 0.05) is 11.4 Å². The Bertz CT molecular complexity index is 1170. The molecule has 0 saturated carbocycles. The highest BCUT2D eigenvalue weighted by atomic mass is 32.2. The van der Waals surface area contributed by atoms with Crippen LogP contribution in [0.1, 0.15) is 41.4 Å². The number of aromatic nitrogens is 3. The number of carbonyl (C=O) groups is 2. The van der Waals surface area contributed by atoms with Crippen molar-refractivity contribution in [3.8, 4) is 0 Å². The number of carboxylic acids is 1. The number of allylic oxidation sites excluding steroid dienone is 1. The van der Waals surface area contributed by atoms with Crippen molar-refractivity contribution in [3.05, 3.63) is 82.6 Å². The van der Waals surface area contributed by atoms with E-state index in [1.807, 2.05) is 30.3 Å². The molecule has 164 valence electrons. The van der Waals surface area contributed by atoms with E-state index in [4.69, 9.17) is 4.74 Å². The number of carboxylic acid groups (broad SMARTS) is 1. The van der Waals surface area contributed by atoms with Crippen LogP contribution in [-0.4, -0.2) is 38.4 Å². The van der Waals surface area contributed by atoms with Gasteiger partial charge in [-0.25, -0.2) is 14.3 Å². The van der Waals surface area contributed by atoms with Crippen LogP contribution < -0.4 is 5.32 Å². The fourth-order valence-corrected chi connectivity index (χ4v) is 4.29. The van der Waals surface area contributed by atoms with E-state index in [1.165, 1.54) is 23.9 Å². The molecule has 1 atom stereocenters. The van der Waals surface area contributed by atoms with Crippen LogP contribution in [0.5, 0.6) is 0 Å². The van der Waals surface area contributed by atoms with E-state index < -0.39 is 18.0 Å². The Hall–Kier alpha value is -3.59. The van der Waals surface area contributed by atoms with Crippen LogP contribution in [0.2, 0.25) is 0 Å². The molecule has 8 nitrogen and oxygen atoms in total. The molecule has 3 aromatic rings. The number of fused-ring (bicyclic) bond motifs is 1. The number of ether oxygens (including phenoxy) is 1. The first-order valence-corrected chi connectivity index (χ1v) is 11.1. The SMILES string of the molecule is CCOC(=O)C1=C(C)Nc2nc(SCc3ccccc3)nn2C1c1ccc(C(=O)O)cc1. The van der Waals surface area contributed by atoms with Gasteiger partial charge in [-0.15, -0.1) is 5.10 Å². The maximum Gasteiger partial charge on any atom is 0.338 e. The van der Waals surface area contributed by atoms with Gasteiger partial charge in [-0.1, -0.05) is 54.2 Å². The normalized spacial score (nSPS) is 15.1. The molecule has 2 heterocycles. The molecule has 0 spiro atoms. The van der Waals surface area contributed by atoms with Crippen LogP contribution in [-0.2, 0) is 15.3 Å². The maximum atomic E-state index is 12.8. The van der Waals surface area contributed by atoms with Crippen molar-refractivity contribution in [3.63, 3.8) is 0 Å². The average molecular weight is 451 g/mol. The Morgan fingerprint density at radius 1 is 1.16 bits per heavy atom. The summed E-state index contributed by atoms with van der Waals surface area (Å²) in [5, 5.41) is 17.6. The summed E-state index contributed by atoms with van der Waals surface area (Å²) in [6, 6.07) is 15.8. The van der Waals surface area contributed by atoms with E-state index in [1.54, 1.807) is 30.7 Å². The fraction of sp³-hybridized carbons (Fsp3) is 0.217. The molecule has 32 heavy (non-hydrogen) atoms. The van der Waals surface area contributed by atoms with Crippen molar-refractivity contribution in [1.29, 1.82) is 0 Å². The number of rotatable bonds is 7. The minimum Gasteiger partial charge on any atom is -0.478 e. The number of hydrogen-bond donors (Lipinski definition) is 2. The molecule has 0 aliphatic carbocycles. The van der Waals surface area contributed by atoms with Crippen LogP contribution in [0.15, 0.2) is 71.0 Å². The summed E-state index contributed by atoms with van der Waals surface area (Å²) in [7, 11) is 0. The molecule has 0 fully saturated rings. The lowest BCUT2D eigenvalue weighted by atomic mass is 9.95. The molecule has 2 aromatic carbocycles. The first-order chi connectivity index (χ1) is 15.5. The maximum absolute atomic E-state index is 12.8. The van der Waals surface area contributed by atoms with Crippen molar-refractivity contribution in [2.24, 2.45) is 0 Å². The second kappa shape index (κ2) is 9.27. The fourth-order valence-electron chi connectivity index (χ4n) is 3.50. The summed E-state index contributed by atoms with van der Waals surface area (Å²) in [6.45, 7) is 3.78. The van der Waals surface area contributed by atoms with Gasteiger partial charge in [-0.05, 0) is 37.1 Å². The molecule has 1 aliphatic heterocycles. The van der Waals surface area contributed by atoms with Gasteiger partial charge in [0.25, 0.3) is 0 Å². The third kappa shape index (κ3) is 4.38. The Morgan fingerprint density at radius 2 is 1.88 bits per heavy atom. The molecular formula is C23H22N4O4S. The summed E-state index contributed by atoms with van der Waals surface area (Å²) in [5.74, 6) is -0.248. The van der Waals surface area contributed by atoms with Gasteiger partial charge in [0.05, 0.1) is 17.7 Å². The zero-order valence-electron chi connectivity index (χ0n) is 17.6. The lowest BCUT2D eigenvalue weighted by Gasteiger charge is -2.28. The molecular weight excluding hydrogens is 428 g/mol. The van der Waals surface area contributed by atoms with Crippen LogP contribution in [0.3, 0.4) is 0 Å². The summed E-state index contributed by atoms with van der Waals surface area (Å²) >= 11 is 1.50. The number of carbonyl (C=O) groups excluding carboxylic acids is 1. The first kappa shape index (κ1) is 21.6. The standard InChI is InChI=1S/C23H22N4O4S/c1-3-31-21(30)18-14(2)24-22-25-23(32-13-15-7-5-4-6-8-15)26-27(22)19(18)16-9-11-17(12-10-16)20(28)29/h4-12,19H,3,13H2,1-2H3,(H,28,29)(H,24,25,26). The van der Waals surface area contributed by atoms with E-state index in [-0.39, 0.29) is 12.2 Å². The van der Waals surface area contributed by atoms with Crippen molar-refractivity contribution < 1.29 is 19.4 Å². The number of aromatic carboxylic acids is 1. The molecule has 1 unspecified atom stereocenters. The summed E-state index contributed by atoms with van der Waals surface area (Å²) < 4.78 is 6.95. The van der Waals surface area contributed by atoms with Crippen LogP contribution >= 0.6 is 11.8 Å². The highest BCUT2D eigenvalue weighted by Gasteiger charge is 2.35. The Labute approximate surface area is 189 Å². The number of thioether (sulfide) groups is 1. The molecule has 1 aromatic heterocycles. The second-order valence-electron chi connectivity index (χ2n) is 7.15. The van der Waals surface area contributed by atoms with Crippen molar-refractivity contribution in [2.45, 2.75) is 30.8 Å². The number of hydrogen-bond acceptors (Lipinski definition) is 7. The number of nitrogens with zero attached hydrogens (tertiary/aromatic N) is 3. The highest BCUT2D eigenvalue weighted by Crippen LogP contribution is 2.37. The predicted octanol–water partition coefficient (Wildman–Crippen LogP) is 4.12. The Morgan fingerprint density at radius 3 is 2.53 bits per heavy atom. The van der Waals surface area contributed by atoms with Gasteiger partial charge < -0.3 is 15.2 Å². The van der Waals surface area contributed by atoms with Gasteiger partial charge in [0.1, 0.15) is 6.04 Å². The van der Waals surface area contributed by atoms with Crippen molar-refractivity contribution in [2.75, 3.05) is 11.9 Å². The quantitative estimate of drug-likeness (QED) is 0.409. The largest absolute Gasteiger partial charge is 0.478 e. The van der Waals surface area contributed by atoms with Gasteiger partial charge >= 0.3 is 11.9 Å². The lowest BCUT2D eigenvalue weighted by Crippen LogP contribution is -2.29. The molecule has 4 rings (SSSR count).